The van der Waals surface area contributed by atoms with Crippen molar-refractivity contribution in [1.29, 1.82) is 0 Å². The molecule has 5 aromatic rings. The third-order valence-electron chi connectivity index (χ3n) is 7.49. The molecule has 170 valence electrons. The molecule has 8 heteroatoms. The number of aromatic amines is 1. The lowest BCUT2D eigenvalue weighted by Gasteiger charge is -2.44. The summed E-state index contributed by atoms with van der Waals surface area (Å²) >= 11 is 0. The standard InChI is InChI=1S/C26H25N7O/c34-33(12-10-27-11-13-33)26-23-19(16-4-3-5-16)14-28-15-21(23)31-24(32-26)18-8-9-29-25-22(18)17-6-1-2-7-20(17)30-25/h1-2,6-9,14-16,27H,3-5,10-13H2,(H,29,30). The van der Waals surface area contributed by atoms with Gasteiger partial charge in [0.05, 0.1) is 30.2 Å². The Labute approximate surface area is 196 Å². The summed E-state index contributed by atoms with van der Waals surface area (Å²) in [5, 5.41) is 20.5. The Hall–Kier alpha value is -3.46. The minimum absolute atomic E-state index is 0.431. The quantitative estimate of drug-likeness (QED) is 0.311. The number of quaternary nitrogens is 1. The van der Waals surface area contributed by atoms with E-state index in [1.807, 2.05) is 30.5 Å². The molecular formula is C26H25N7O. The van der Waals surface area contributed by atoms with Crippen molar-refractivity contribution in [3.63, 3.8) is 0 Å². The fraction of sp³-hybridized carbons (Fsp3) is 0.308. The summed E-state index contributed by atoms with van der Waals surface area (Å²) < 4.78 is -0.440. The Morgan fingerprint density at radius 2 is 1.82 bits per heavy atom. The number of para-hydroxylation sites is 1. The minimum atomic E-state index is -0.440. The van der Waals surface area contributed by atoms with Crippen molar-refractivity contribution in [2.24, 2.45) is 0 Å². The van der Waals surface area contributed by atoms with Crippen LogP contribution in [-0.2, 0) is 0 Å². The molecule has 1 saturated heterocycles. The largest absolute Gasteiger partial charge is 0.626 e. The van der Waals surface area contributed by atoms with Gasteiger partial charge in [0.15, 0.2) is 5.82 Å². The Kier molecular flexibility index (Phi) is 4.42. The highest BCUT2D eigenvalue weighted by atomic mass is 16.5. The predicted octanol–water partition coefficient (Wildman–Crippen LogP) is 4.40. The average molecular weight is 452 g/mol. The minimum Gasteiger partial charge on any atom is -0.626 e. The second-order valence-electron chi connectivity index (χ2n) is 9.46. The number of piperazine rings is 1. The number of pyridine rings is 2. The summed E-state index contributed by atoms with van der Waals surface area (Å²) in [5.74, 6) is 1.56. The SMILES string of the molecule is [O-][N+]1(c2nc(-c3ccnc4[nH]c5ccccc5c34)nc3cncc(C4CCC4)c23)CCNCC1. The van der Waals surface area contributed by atoms with E-state index < -0.39 is 4.65 Å². The number of H-pyrrole nitrogens is 1. The topological polar surface area (TPSA) is 102 Å². The number of rotatable bonds is 3. The van der Waals surface area contributed by atoms with Crippen LogP contribution in [0.3, 0.4) is 0 Å². The van der Waals surface area contributed by atoms with Gasteiger partial charge in [0.1, 0.15) is 5.65 Å². The molecule has 0 radical (unpaired) electrons. The molecule has 2 N–H and O–H groups in total. The van der Waals surface area contributed by atoms with Gasteiger partial charge < -0.3 is 20.2 Å². The number of fused-ring (bicyclic) bond motifs is 4. The van der Waals surface area contributed by atoms with Crippen molar-refractivity contribution in [3.8, 4) is 11.4 Å². The normalized spacial score (nSPS) is 18.5. The Bertz CT molecular complexity index is 1550. The van der Waals surface area contributed by atoms with E-state index in [2.05, 4.69) is 26.3 Å². The fourth-order valence-electron chi connectivity index (χ4n) is 5.45. The molecule has 2 aliphatic rings. The van der Waals surface area contributed by atoms with Crippen LogP contribution in [0.25, 0.3) is 44.2 Å². The highest BCUT2D eigenvalue weighted by molar-refractivity contribution is 6.12. The van der Waals surface area contributed by atoms with Crippen LogP contribution >= 0.6 is 0 Å². The first kappa shape index (κ1) is 20.0. The van der Waals surface area contributed by atoms with E-state index in [9.17, 15) is 5.21 Å². The smallest absolute Gasteiger partial charge is 0.239 e. The number of aromatic nitrogens is 5. The third-order valence-corrected chi connectivity index (χ3v) is 7.49. The zero-order valence-electron chi connectivity index (χ0n) is 18.8. The van der Waals surface area contributed by atoms with Crippen LogP contribution in [0.5, 0.6) is 0 Å². The van der Waals surface area contributed by atoms with Gasteiger partial charge in [0, 0.05) is 47.3 Å². The first-order chi connectivity index (χ1) is 16.7. The Balaban J connectivity index is 1.54. The number of hydrogen-bond donors (Lipinski definition) is 2. The van der Waals surface area contributed by atoms with Crippen LogP contribution in [0.15, 0.2) is 48.9 Å². The zero-order chi connectivity index (χ0) is 22.7. The van der Waals surface area contributed by atoms with E-state index in [0.29, 0.717) is 43.7 Å². The molecule has 2 fully saturated rings. The predicted molar refractivity (Wildman–Crippen MR) is 134 cm³/mol. The summed E-state index contributed by atoms with van der Waals surface area (Å²) in [6, 6.07) is 10.1. The van der Waals surface area contributed by atoms with Gasteiger partial charge >= 0.3 is 0 Å². The molecule has 4 aromatic heterocycles. The second kappa shape index (κ2) is 7.53. The van der Waals surface area contributed by atoms with Gasteiger partial charge in [0.2, 0.25) is 5.82 Å². The molecule has 0 bridgehead atoms. The van der Waals surface area contributed by atoms with E-state index >= 15 is 0 Å². The molecule has 1 saturated carbocycles. The molecule has 7 rings (SSSR count). The molecule has 0 amide bonds. The molecule has 34 heavy (non-hydrogen) atoms. The molecule has 0 unspecified atom stereocenters. The maximum absolute atomic E-state index is 14.2. The monoisotopic (exact) mass is 451 g/mol. The molecule has 5 heterocycles. The van der Waals surface area contributed by atoms with Crippen LogP contribution in [0, 0.1) is 5.21 Å². The Morgan fingerprint density at radius 1 is 0.971 bits per heavy atom. The summed E-state index contributed by atoms with van der Waals surface area (Å²) in [5.41, 5.74) is 4.56. The van der Waals surface area contributed by atoms with E-state index in [-0.39, 0.29) is 0 Å². The van der Waals surface area contributed by atoms with Gasteiger partial charge in [-0.2, -0.15) is 4.98 Å². The maximum atomic E-state index is 14.2. The molecule has 0 atom stereocenters. The lowest BCUT2D eigenvalue weighted by Crippen LogP contribution is -2.56. The third kappa shape index (κ3) is 2.96. The zero-order valence-corrected chi connectivity index (χ0v) is 18.8. The first-order valence-electron chi connectivity index (χ1n) is 12.0. The van der Waals surface area contributed by atoms with Crippen molar-refractivity contribution < 1.29 is 0 Å². The highest BCUT2D eigenvalue weighted by Crippen LogP contribution is 2.43. The number of nitrogens with one attached hydrogen (secondary N) is 2. The average Bonchev–Trinajstić information content (AvgIpc) is 3.22. The van der Waals surface area contributed by atoms with E-state index in [4.69, 9.17) is 9.97 Å². The van der Waals surface area contributed by atoms with Crippen molar-refractivity contribution in [3.05, 3.63) is 59.7 Å². The van der Waals surface area contributed by atoms with Crippen LogP contribution in [0.2, 0.25) is 0 Å². The summed E-state index contributed by atoms with van der Waals surface area (Å²) in [6.45, 7) is 2.26. The fourth-order valence-corrected chi connectivity index (χ4v) is 5.45. The summed E-state index contributed by atoms with van der Waals surface area (Å²) in [7, 11) is 0. The molecule has 1 aliphatic heterocycles. The lowest BCUT2D eigenvalue weighted by atomic mass is 9.79. The van der Waals surface area contributed by atoms with E-state index in [1.54, 1.807) is 12.4 Å². The van der Waals surface area contributed by atoms with Gasteiger partial charge in [-0.05, 0) is 36.5 Å². The summed E-state index contributed by atoms with van der Waals surface area (Å²) in [6.07, 6.45) is 8.96. The van der Waals surface area contributed by atoms with Gasteiger partial charge in [-0.25, -0.2) is 9.97 Å². The van der Waals surface area contributed by atoms with Crippen LogP contribution < -0.4 is 9.96 Å². The van der Waals surface area contributed by atoms with Crippen LogP contribution in [0.1, 0.15) is 30.7 Å². The molecule has 0 spiro atoms. The van der Waals surface area contributed by atoms with Gasteiger partial charge in [0.25, 0.3) is 0 Å². The highest BCUT2D eigenvalue weighted by Gasteiger charge is 2.33. The van der Waals surface area contributed by atoms with Gasteiger partial charge in [-0.15, -0.1) is 0 Å². The van der Waals surface area contributed by atoms with E-state index in [1.165, 1.54) is 6.42 Å². The van der Waals surface area contributed by atoms with Crippen molar-refractivity contribution in [2.45, 2.75) is 25.2 Å². The van der Waals surface area contributed by atoms with Crippen molar-refractivity contribution >= 4 is 38.7 Å². The number of hydrogen-bond acceptors (Lipinski definition) is 6. The first-order valence-corrected chi connectivity index (χ1v) is 12.0. The van der Waals surface area contributed by atoms with Crippen LogP contribution in [-0.4, -0.2) is 51.1 Å². The molecular weight excluding hydrogens is 426 g/mol. The Morgan fingerprint density at radius 3 is 2.65 bits per heavy atom. The second-order valence-corrected chi connectivity index (χ2v) is 9.46. The maximum Gasteiger partial charge on any atom is 0.239 e. The summed E-state index contributed by atoms with van der Waals surface area (Å²) in [4.78, 5) is 22.5. The number of hydroxylamine groups is 2. The van der Waals surface area contributed by atoms with Crippen LogP contribution in [0.4, 0.5) is 5.82 Å². The number of nitrogens with zero attached hydrogens (tertiary/aromatic N) is 5. The molecule has 1 aliphatic carbocycles. The van der Waals surface area contributed by atoms with Crippen molar-refractivity contribution in [1.82, 2.24) is 34.9 Å². The van der Waals surface area contributed by atoms with Gasteiger partial charge in [-0.1, -0.05) is 24.6 Å². The number of benzene rings is 1. The lowest BCUT2D eigenvalue weighted by molar-refractivity contribution is 0.316. The molecule has 8 nitrogen and oxygen atoms in total. The van der Waals surface area contributed by atoms with Crippen molar-refractivity contribution in [2.75, 3.05) is 26.2 Å². The van der Waals surface area contributed by atoms with Gasteiger partial charge in [-0.3, -0.25) is 4.98 Å². The molecule has 1 aromatic carbocycles. The van der Waals surface area contributed by atoms with E-state index in [0.717, 1.165) is 56.8 Å².